The van der Waals surface area contributed by atoms with Crippen LogP contribution in [0.1, 0.15) is 44.1 Å². The van der Waals surface area contributed by atoms with Crippen molar-refractivity contribution in [2.75, 3.05) is 32.0 Å². The summed E-state index contributed by atoms with van der Waals surface area (Å²) < 4.78 is 43.6. The number of halogens is 2. The first kappa shape index (κ1) is 23.4. The van der Waals surface area contributed by atoms with Crippen molar-refractivity contribution in [1.82, 2.24) is 10.2 Å². The van der Waals surface area contributed by atoms with E-state index in [2.05, 4.69) is 10.2 Å². The Morgan fingerprint density at radius 1 is 1.30 bits per heavy atom. The van der Waals surface area contributed by atoms with E-state index in [0.717, 1.165) is 37.8 Å². The van der Waals surface area contributed by atoms with E-state index in [-0.39, 0.29) is 34.5 Å². The van der Waals surface area contributed by atoms with Gasteiger partial charge in [0, 0.05) is 32.6 Å². The van der Waals surface area contributed by atoms with Crippen molar-refractivity contribution in [3.05, 3.63) is 34.6 Å². The van der Waals surface area contributed by atoms with Crippen LogP contribution >= 0.6 is 11.6 Å². The topological polar surface area (TPSA) is 75.7 Å². The molecule has 0 spiro atoms. The van der Waals surface area contributed by atoms with Gasteiger partial charge in [0.05, 0.1) is 28.7 Å². The molecule has 1 saturated carbocycles. The number of hydrogen-bond acceptors (Lipinski definition) is 5. The average Bonchev–Trinajstić information content (AvgIpc) is 3.25. The third-order valence-electron chi connectivity index (χ3n) is 5.78. The molecular weight excluding hydrogens is 431 g/mol. The van der Waals surface area contributed by atoms with Crippen LogP contribution in [0.5, 0.6) is 0 Å². The van der Waals surface area contributed by atoms with E-state index in [0.29, 0.717) is 32.7 Å². The molecule has 168 valence electrons. The van der Waals surface area contributed by atoms with E-state index in [9.17, 15) is 17.6 Å². The third-order valence-corrected chi connectivity index (χ3v) is 8.42. The van der Waals surface area contributed by atoms with Gasteiger partial charge in [-0.05, 0) is 37.0 Å². The number of nitrogens with zero attached hydrogens (tertiary/aromatic N) is 1. The van der Waals surface area contributed by atoms with E-state index in [1.165, 1.54) is 6.07 Å². The Balaban J connectivity index is 1.36. The molecule has 1 aromatic carbocycles. The molecule has 30 heavy (non-hydrogen) atoms. The SMILES string of the molecule is O=C(CCCS(=O)(=O)C1CCCC1)NCC1CN(Cc2ccc(F)c(Cl)c2)CCO1. The van der Waals surface area contributed by atoms with Crippen molar-refractivity contribution >= 4 is 27.3 Å². The molecule has 0 radical (unpaired) electrons. The molecule has 1 N–H and O–H groups in total. The van der Waals surface area contributed by atoms with Gasteiger partial charge in [0.25, 0.3) is 0 Å². The monoisotopic (exact) mass is 460 g/mol. The zero-order chi connectivity index (χ0) is 21.6. The fraction of sp³-hybridized carbons (Fsp3) is 0.667. The van der Waals surface area contributed by atoms with Crippen LogP contribution in [0, 0.1) is 5.82 Å². The average molecular weight is 461 g/mol. The molecule has 0 aromatic heterocycles. The Morgan fingerprint density at radius 3 is 2.80 bits per heavy atom. The fourth-order valence-corrected chi connectivity index (χ4v) is 6.24. The van der Waals surface area contributed by atoms with Gasteiger partial charge in [0.15, 0.2) is 9.84 Å². The highest BCUT2D eigenvalue weighted by Crippen LogP contribution is 2.25. The number of benzene rings is 1. The van der Waals surface area contributed by atoms with Gasteiger partial charge in [0.2, 0.25) is 5.91 Å². The van der Waals surface area contributed by atoms with Crippen molar-refractivity contribution in [2.45, 2.75) is 56.4 Å². The second-order valence-corrected chi connectivity index (χ2v) is 11.0. The summed E-state index contributed by atoms with van der Waals surface area (Å²) in [4.78, 5) is 14.3. The third kappa shape index (κ3) is 6.90. The Kier molecular flexibility index (Phi) is 8.51. The molecule has 1 aromatic rings. The normalized spacial score (nSPS) is 21.1. The maximum absolute atomic E-state index is 13.3. The number of morpholine rings is 1. The minimum Gasteiger partial charge on any atom is -0.374 e. The second kappa shape index (κ2) is 10.9. The van der Waals surface area contributed by atoms with E-state index >= 15 is 0 Å². The molecule has 1 atom stereocenters. The predicted molar refractivity (Wildman–Crippen MR) is 115 cm³/mol. The molecule has 1 saturated heterocycles. The lowest BCUT2D eigenvalue weighted by Crippen LogP contribution is -2.47. The van der Waals surface area contributed by atoms with Crippen LogP contribution in [0.2, 0.25) is 5.02 Å². The van der Waals surface area contributed by atoms with Crippen LogP contribution in [-0.2, 0) is 25.9 Å². The van der Waals surface area contributed by atoms with Crippen molar-refractivity contribution < 1.29 is 22.3 Å². The highest BCUT2D eigenvalue weighted by atomic mass is 35.5. The number of carbonyl (C=O) groups is 1. The fourth-order valence-electron chi connectivity index (χ4n) is 4.11. The molecule has 0 bridgehead atoms. The molecule has 1 heterocycles. The molecule has 9 heteroatoms. The summed E-state index contributed by atoms with van der Waals surface area (Å²) in [5.41, 5.74) is 0.926. The van der Waals surface area contributed by atoms with Gasteiger partial charge in [-0.3, -0.25) is 9.69 Å². The van der Waals surface area contributed by atoms with Gasteiger partial charge in [-0.15, -0.1) is 0 Å². The number of amides is 1. The Hall–Kier alpha value is -1.22. The minimum atomic E-state index is -3.08. The molecule has 6 nitrogen and oxygen atoms in total. The summed E-state index contributed by atoms with van der Waals surface area (Å²) in [5, 5.41) is 2.75. The summed E-state index contributed by atoms with van der Waals surface area (Å²) in [7, 11) is -3.08. The lowest BCUT2D eigenvalue weighted by Gasteiger charge is -2.33. The van der Waals surface area contributed by atoms with Gasteiger partial charge in [0.1, 0.15) is 5.82 Å². The summed E-state index contributed by atoms with van der Waals surface area (Å²) in [6.07, 6.45) is 3.90. The zero-order valence-corrected chi connectivity index (χ0v) is 18.7. The minimum absolute atomic E-state index is 0.0824. The Bertz CT molecular complexity index is 830. The summed E-state index contributed by atoms with van der Waals surface area (Å²) >= 11 is 5.85. The van der Waals surface area contributed by atoms with E-state index in [4.69, 9.17) is 16.3 Å². The second-order valence-electron chi connectivity index (χ2n) is 8.16. The predicted octanol–water partition coefficient (Wildman–Crippen LogP) is 2.93. The first-order valence-electron chi connectivity index (χ1n) is 10.6. The lowest BCUT2D eigenvalue weighted by molar-refractivity contribution is -0.122. The number of hydrogen-bond donors (Lipinski definition) is 1. The number of ether oxygens (including phenoxy) is 1. The van der Waals surface area contributed by atoms with E-state index < -0.39 is 15.7 Å². The van der Waals surface area contributed by atoms with Gasteiger partial charge in [-0.1, -0.05) is 30.5 Å². The van der Waals surface area contributed by atoms with Crippen LogP contribution in [0.25, 0.3) is 0 Å². The van der Waals surface area contributed by atoms with Gasteiger partial charge in [-0.2, -0.15) is 0 Å². The van der Waals surface area contributed by atoms with Crippen molar-refractivity contribution in [2.24, 2.45) is 0 Å². The standard InChI is InChI=1S/C21H30ClFN2O4S/c22-19-12-16(7-8-20(19)23)14-25-9-10-29-17(15-25)13-24-21(26)6-3-11-30(27,28)18-4-1-2-5-18/h7-8,12,17-18H,1-6,9-11,13-15H2,(H,24,26). The van der Waals surface area contributed by atoms with Crippen LogP contribution in [-0.4, -0.2) is 62.6 Å². The highest BCUT2D eigenvalue weighted by molar-refractivity contribution is 7.92. The smallest absolute Gasteiger partial charge is 0.220 e. The molecule has 1 amide bonds. The Labute approximate surface area is 183 Å². The number of carbonyl (C=O) groups excluding carboxylic acids is 1. The van der Waals surface area contributed by atoms with Crippen LogP contribution in [0.3, 0.4) is 0 Å². The van der Waals surface area contributed by atoms with Crippen molar-refractivity contribution in [3.8, 4) is 0 Å². The van der Waals surface area contributed by atoms with Crippen LogP contribution < -0.4 is 5.32 Å². The van der Waals surface area contributed by atoms with Crippen LogP contribution in [0.4, 0.5) is 4.39 Å². The molecule has 1 unspecified atom stereocenters. The Morgan fingerprint density at radius 2 is 2.07 bits per heavy atom. The molecular formula is C21H30ClFN2O4S. The lowest BCUT2D eigenvalue weighted by atomic mass is 10.2. The largest absolute Gasteiger partial charge is 0.374 e. The zero-order valence-electron chi connectivity index (χ0n) is 17.1. The maximum Gasteiger partial charge on any atom is 0.220 e. The quantitative estimate of drug-likeness (QED) is 0.613. The highest BCUT2D eigenvalue weighted by Gasteiger charge is 2.28. The molecule has 1 aliphatic heterocycles. The van der Waals surface area contributed by atoms with Gasteiger partial charge >= 0.3 is 0 Å². The maximum atomic E-state index is 13.3. The first-order valence-corrected chi connectivity index (χ1v) is 12.7. The van der Waals surface area contributed by atoms with Crippen LogP contribution in [0.15, 0.2) is 18.2 Å². The number of sulfone groups is 1. The number of nitrogens with one attached hydrogen (secondary N) is 1. The molecule has 2 fully saturated rings. The van der Waals surface area contributed by atoms with E-state index in [1.54, 1.807) is 12.1 Å². The van der Waals surface area contributed by atoms with Gasteiger partial charge < -0.3 is 10.1 Å². The van der Waals surface area contributed by atoms with Crippen molar-refractivity contribution in [3.63, 3.8) is 0 Å². The molecule has 3 rings (SSSR count). The molecule has 1 aliphatic carbocycles. The van der Waals surface area contributed by atoms with Crippen molar-refractivity contribution in [1.29, 1.82) is 0 Å². The van der Waals surface area contributed by atoms with Gasteiger partial charge in [-0.25, -0.2) is 12.8 Å². The summed E-state index contributed by atoms with van der Waals surface area (Å²) in [6.45, 7) is 2.96. The molecule has 2 aliphatic rings. The van der Waals surface area contributed by atoms with E-state index in [1.807, 2.05) is 0 Å². The summed E-state index contributed by atoms with van der Waals surface area (Å²) in [5.74, 6) is -0.499. The summed E-state index contributed by atoms with van der Waals surface area (Å²) in [6, 6.07) is 4.71. The first-order chi connectivity index (χ1) is 14.3. The number of rotatable bonds is 9.